The number of benzene rings is 3. The quantitative estimate of drug-likeness (QED) is 0.483. The fourth-order valence-corrected chi connectivity index (χ4v) is 3.30. The van der Waals surface area contributed by atoms with Crippen LogP contribution in [0.4, 0.5) is 10.1 Å². The summed E-state index contributed by atoms with van der Waals surface area (Å²) in [6, 6.07) is 16.4. The lowest BCUT2D eigenvalue weighted by atomic mass is 10.0. The third-order valence-electron chi connectivity index (χ3n) is 4.10. The summed E-state index contributed by atoms with van der Waals surface area (Å²) in [5, 5.41) is 5.65. The molecule has 0 aliphatic heterocycles. The van der Waals surface area contributed by atoms with Gasteiger partial charge in [0, 0.05) is 15.4 Å². The van der Waals surface area contributed by atoms with E-state index in [-0.39, 0.29) is 18.0 Å². The Hall–Kier alpha value is -2.66. The molecular formula is C20H13BrFNO2. The summed E-state index contributed by atoms with van der Waals surface area (Å²) < 4.78 is 20.1. The minimum absolute atomic E-state index is 0.108. The summed E-state index contributed by atoms with van der Waals surface area (Å²) in [5.41, 5.74) is 1.67. The van der Waals surface area contributed by atoms with Gasteiger partial charge in [0.15, 0.2) is 0 Å². The standard InChI is InChI=1S/C20H13BrFNO2/c21-14-6-7-17(16(22)10-14)23-19(24)9-13-11-25-18-8-5-12-3-1-2-4-15(12)20(13)18/h1-8,10-11H,9H2,(H,23,24). The highest BCUT2D eigenvalue weighted by Gasteiger charge is 2.14. The maximum absolute atomic E-state index is 13.9. The van der Waals surface area contributed by atoms with E-state index < -0.39 is 5.82 Å². The van der Waals surface area contributed by atoms with Gasteiger partial charge in [-0.15, -0.1) is 0 Å². The Labute approximate surface area is 151 Å². The van der Waals surface area contributed by atoms with Crippen LogP contribution in [0.25, 0.3) is 21.7 Å². The number of furan rings is 1. The number of amides is 1. The Morgan fingerprint density at radius 3 is 2.80 bits per heavy atom. The number of hydrogen-bond donors (Lipinski definition) is 1. The lowest BCUT2D eigenvalue weighted by molar-refractivity contribution is -0.115. The van der Waals surface area contributed by atoms with Gasteiger partial charge in [-0.2, -0.15) is 0 Å². The van der Waals surface area contributed by atoms with Gasteiger partial charge in [0.2, 0.25) is 5.91 Å². The van der Waals surface area contributed by atoms with E-state index in [1.165, 1.54) is 12.1 Å². The maximum Gasteiger partial charge on any atom is 0.229 e. The molecule has 3 aromatic carbocycles. The molecule has 4 aromatic rings. The van der Waals surface area contributed by atoms with Gasteiger partial charge in [-0.25, -0.2) is 4.39 Å². The minimum atomic E-state index is -0.481. The molecule has 4 rings (SSSR count). The fraction of sp³-hybridized carbons (Fsp3) is 0.0500. The molecule has 0 atom stereocenters. The molecule has 0 fully saturated rings. The number of carbonyl (C=O) groups is 1. The third-order valence-corrected chi connectivity index (χ3v) is 4.59. The first kappa shape index (κ1) is 15.8. The Morgan fingerprint density at radius 2 is 1.96 bits per heavy atom. The number of anilines is 1. The van der Waals surface area contributed by atoms with Gasteiger partial charge in [-0.3, -0.25) is 4.79 Å². The average Bonchev–Trinajstić information content (AvgIpc) is 3.01. The minimum Gasteiger partial charge on any atom is -0.464 e. The Balaban J connectivity index is 1.66. The van der Waals surface area contributed by atoms with Gasteiger partial charge >= 0.3 is 0 Å². The molecule has 1 heterocycles. The summed E-state index contributed by atoms with van der Waals surface area (Å²) in [5.74, 6) is -0.776. The molecule has 0 spiro atoms. The lowest BCUT2D eigenvalue weighted by Crippen LogP contribution is -2.15. The number of nitrogens with one attached hydrogen (secondary N) is 1. The first-order chi connectivity index (χ1) is 12.1. The van der Waals surface area contributed by atoms with Crippen molar-refractivity contribution in [2.24, 2.45) is 0 Å². The van der Waals surface area contributed by atoms with Crippen molar-refractivity contribution in [2.45, 2.75) is 6.42 Å². The van der Waals surface area contributed by atoms with E-state index in [1.54, 1.807) is 12.3 Å². The predicted octanol–water partition coefficient (Wildman–Crippen LogP) is 5.67. The molecule has 5 heteroatoms. The summed E-state index contributed by atoms with van der Waals surface area (Å²) in [6.45, 7) is 0. The molecule has 3 nitrogen and oxygen atoms in total. The summed E-state index contributed by atoms with van der Waals surface area (Å²) in [4.78, 5) is 12.4. The van der Waals surface area contributed by atoms with Crippen molar-refractivity contribution in [3.05, 3.63) is 76.7 Å². The third kappa shape index (κ3) is 3.03. The van der Waals surface area contributed by atoms with Crippen LogP contribution < -0.4 is 5.32 Å². The van der Waals surface area contributed by atoms with Crippen LogP contribution in [-0.4, -0.2) is 5.91 Å². The number of halogens is 2. The Morgan fingerprint density at radius 1 is 1.12 bits per heavy atom. The highest BCUT2D eigenvalue weighted by Crippen LogP contribution is 2.30. The number of rotatable bonds is 3. The predicted molar refractivity (Wildman–Crippen MR) is 100 cm³/mol. The molecule has 0 saturated heterocycles. The first-order valence-corrected chi connectivity index (χ1v) is 8.54. The number of carbonyl (C=O) groups excluding carboxylic acids is 1. The molecular weight excluding hydrogens is 385 g/mol. The molecule has 0 unspecified atom stereocenters. The van der Waals surface area contributed by atoms with Crippen molar-refractivity contribution in [1.82, 2.24) is 0 Å². The van der Waals surface area contributed by atoms with Gasteiger partial charge in [-0.05, 0) is 35.0 Å². The zero-order valence-electron chi connectivity index (χ0n) is 13.1. The van der Waals surface area contributed by atoms with Crippen LogP contribution in [0.5, 0.6) is 0 Å². The second-order valence-corrected chi connectivity index (χ2v) is 6.69. The van der Waals surface area contributed by atoms with Crippen LogP contribution in [0.15, 0.2) is 69.8 Å². The van der Waals surface area contributed by atoms with E-state index in [1.807, 2.05) is 36.4 Å². The summed E-state index contributed by atoms with van der Waals surface area (Å²) >= 11 is 3.20. The van der Waals surface area contributed by atoms with E-state index in [9.17, 15) is 9.18 Å². The number of fused-ring (bicyclic) bond motifs is 3. The molecule has 0 saturated carbocycles. The van der Waals surface area contributed by atoms with Gasteiger partial charge in [-0.1, -0.05) is 46.3 Å². The fourth-order valence-electron chi connectivity index (χ4n) is 2.96. The highest BCUT2D eigenvalue weighted by atomic mass is 79.9. The van der Waals surface area contributed by atoms with Gasteiger partial charge in [0.05, 0.1) is 18.4 Å². The first-order valence-electron chi connectivity index (χ1n) is 7.74. The van der Waals surface area contributed by atoms with Crippen LogP contribution in [0, 0.1) is 5.82 Å². The summed E-state index contributed by atoms with van der Waals surface area (Å²) in [6.07, 6.45) is 1.70. The van der Waals surface area contributed by atoms with Crippen molar-refractivity contribution < 1.29 is 13.6 Å². The van der Waals surface area contributed by atoms with Crippen LogP contribution in [0.3, 0.4) is 0 Å². The van der Waals surface area contributed by atoms with E-state index >= 15 is 0 Å². The van der Waals surface area contributed by atoms with Crippen molar-refractivity contribution in [3.8, 4) is 0 Å². The Bertz CT molecular complexity index is 1100. The van der Waals surface area contributed by atoms with E-state index in [0.29, 0.717) is 4.47 Å². The zero-order valence-corrected chi connectivity index (χ0v) is 14.6. The molecule has 25 heavy (non-hydrogen) atoms. The average molecular weight is 398 g/mol. The van der Waals surface area contributed by atoms with Crippen LogP contribution in [-0.2, 0) is 11.2 Å². The smallest absolute Gasteiger partial charge is 0.229 e. The highest BCUT2D eigenvalue weighted by molar-refractivity contribution is 9.10. The lowest BCUT2D eigenvalue weighted by Gasteiger charge is -2.07. The normalized spacial score (nSPS) is 11.1. The molecule has 0 aliphatic carbocycles. The van der Waals surface area contributed by atoms with Crippen molar-refractivity contribution in [2.75, 3.05) is 5.32 Å². The van der Waals surface area contributed by atoms with Crippen molar-refractivity contribution in [3.63, 3.8) is 0 Å². The van der Waals surface area contributed by atoms with Crippen LogP contribution in [0.1, 0.15) is 5.56 Å². The Kier molecular flexibility index (Phi) is 4.01. The molecule has 0 aliphatic rings. The van der Waals surface area contributed by atoms with Crippen molar-refractivity contribution >= 4 is 49.3 Å². The second kappa shape index (κ2) is 6.33. The van der Waals surface area contributed by atoms with Gasteiger partial charge in [0.25, 0.3) is 0 Å². The SMILES string of the molecule is O=C(Cc1coc2ccc3ccccc3c12)Nc1ccc(Br)cc1F. The largest absolute Gasteiger partial charge is 0.464 e. The van der Waals surface area contributed by atoms with E-state index in [0.717, 1.165) is 27.3 Å². The van der Waals surface area contributed by atoms with E-state index in [4.69, 9.17) is 4.42 Å². The monoisotopic (exact) mass is 397 g/mol. The summed E-state index contributed by atoms with van der Waals surface area (Å²) in [7, 11) is 0. The molecule has 124 valence electrons. The zero-order chi connectivity index (χ0) is 17.4. The van der Waals surface area contributed by atoms with Gasteiger partial charge in [0.1, 0.15) is 11.4 Å². The van der Waals surface area contributed by atoms with Gasteiger partial charge < -0.3 is 9.73 Å². The van der Waals surface area contributed by atoms with Crippen LogP contribution in [0.2, 0.25) is 0 Å². The maximum atomic E-state index is 13.9. The second-order valence-electron chi connectivity index (χ2n) is 5.77. The van der Waals surface area contributed by atoms with Crippen molar-refractivity contribution in [1.29, 1.82) is 0 Å². The van der Waals surface area contributed by atoms with Crippen LogP contribution >= 0.6 is 15.9 Å². The number of hydrogen-bond acceptors (Lipinski definition) is 2. The molecule has 1 N–H and O–H groups in total. The topological polar surface area (TPSA) is 42.2 Å². The molecule has 0 bridgehead atoms. The molecule has 0 radical (unpaired) electrons. The molecule has 1 amide bonds. The molecule has 1 aromatic heterocycles. The van der Waals surface area contributed by atoms with E-state index in [2.05, 4.69) is 21.2 Å².